The molecule has 0 saturated heterocycles. The van der Waals surface area contributed by atoms with E-state index in [-0.39, 0.29) is 11.8 Å². The average Bonchev–Trinajstić information content (AvgIpc) is 2.91. The molecule has 0 aliphatic carbocycles. The van der Waals surface area contributed by atoms with Crippen LogP contribution in [0, 0.1) is 0 Å². The summed E-state index contributed by atoms with van der Waals surface area (Å²) in [5.74, 6) is 1.62. The second-order valence-corrected chi connectivity index (χ2v) is 7.23. The van der Waals surface area contributed by atoms with Crippen LogP contribution in [0.15, 0.2) is 66.7 Å². The minimum Gasteiger partial charge on any atom is -0.497 e. The lowest BCUT2D eigenvalue weighted by molar-refractivity contribution is -0.116. The summed E-state index contributed by atoms with van der Waals surface area (Å²) in [6, 6.07) is 20.3. The minimum atomic E-state index is -0.156. The molecule has 4 rings (SSSR count). The lowest BCUT2D eigenvalue weighted by Gasteiger charge is -2.19. The van der Waals surface area contributed by atoms with Gasteiger partial charge in [-0.3, -0.25) is 9.59 Å². The number of nitrogens with zero attached hydrogens (tertiary/aromatic N) is 1. The van der Waals surface area contributed by atoms with Crippen LogP contribution in [0.2, 0.25) is 0 Å². The zero-order valence-corrected chi connectivity index (χ0v) is 17.6. The molecule has 0 aromatic heterocycles. The van der Waals surface area contributed by atoms with Gasteiger partial charge in [0.05, 0.1) is 18.4 Å². The number of carbonyl (C=O) groups is 2. The highest BCUT2D eigenvalue weighted by Crippen LogP contribution is 2.39. The molecule has 0 spiro atoms. The first-order valence-electron chi connectivity index (χ1n) is 10.2. The second-order valence-electron chi connectivity index (χ2n) is 7.23. The third-order valence-corrected chi connectivity index (χ3v) is 5.23. The third-order valence-electron chi connectivity index (χ3n) is 5.23. The maximum Gasteiger partial charge on any atom is 0.262 e. The summed E-state index contributed by atoms with van der Waals surface area (Å²) in [4.78, 5) is 27.3. The van der Waals surface area contributed by atoms with Crippen LogP contribution in [0.3, 0.4) is 0 Å². The van der Waals surface area contributed by atoms with Crippen LogP contribution in [0.25, 0.3) is 0 Å². The van der Waals surface area contributed by atoms with E-state index in [4.69, 9.17) is 9.47 Å². The Hall–Kier alpha value is -3.80. The zero-order chi connectivity index (χ0) is 21.8. The smallest absolute Gasteiger partial charge is 0.262 e. The Balaban J connectivity index is 1.48. The fourth-order valence-corrected chi connectivity index (χ4v) is 3.59. The van der Waals surface area contributed by atoms with Gasteiger partial charge in [0.1, 0.15) is 11.5 Å². The Labute approximate surface area is 181 Å². The van der Waals surface area contributed by atoms with Crippen molar-refractivity contribution < 1.29 is 19.1 Å². The highest BCUT2D eigenvalue weighted by Gasteiger charge is 2.27. The first-order chi connectivity index (χ1) is 15.1. The number of ether oxygens (including phenoxy) is 2. The molecule has 3 aromatic rings. The van der Waals surface area contributed by atoms with Gasteiger partial charge in [-0.1, -0.05) is 24.3 Å². The summed E-state index contributed by atoms with van der Waals surface area (Å²) in [5, 5.41) is 2.89. The highest BCUT2D eigenvalue weighted by atomic mass is 16.5. The van der Waals surface area contributed by atoms with Gasteiger partial charge in [0.2, 0.25) is 5.91 Å². The van der Waals surface area contributed by atoms with Gasteiger partial charge >= 0.3 is 0 Å². The maximum atomic E-state index is 13.2. The number of para-hydroxylation sites is 2. The van der Waals surface area contributed by atoms with Crippen LogP contribution in [0.4, 0.5) is 11.4 Å². The normalized spacial score (nSPS) is 12.3. The lowest BCUT2D eigenvalue weighted by atomic mass is 10.1. The number of carbonyl (C=O) groups excluding carboxylic acids is 2. The van der Waals surface area contributed by atoms with E-state index >= 15 is 0 Å². The first kappa shape index (κ1) is 20.5. The van der Waals surface area contributed by atoms with Crippen molar-refractivity contribution in [3.63, 3.8) is 0 Å². The summed E-state index contributed by atoms with van der Waals surface area (Å²) < 4.78 is 11.2. The summed E-state index contributed by atoms with van der Waals surface area (Å²) in [7, 11) is 1.62. The van der Waals surface area contributed by atoms with Gasteiger partial charge in [-0.15, -0.1) is 0 Å². The Kier molecular flexibility index (Phi) is 5.89. The molecule has 0 radical (unpaired) electrons. The van der Waals surface area contributed by atoms with Gasteiger partial charge in [-0.25, -0.2) is 0 Å². The van der Waals surface area contributed by atoms with E-state index in [0.29, 0.717) is 42.1 Å². The molecule has 6 heteroatoms. The fraction of sp³-hybridized carbons (Fsp3) is 0.200. The monoisotopic (exact) mass is 416 g/mol. The van der Waals surface area contributed by atoms with Crippen molar-refractivity contribution in [3.05, 3.63) is 77.9 Å². The van der Waals surface area contributed by atoms with Crippen LogP contribution in [-0.2, 0) is 11.2 Å². The van der Waals surface area contributed by atoms with Crippen molar-refractivity contribution in [1.29, 1.82) is 0 Å². The molecule has 31 heavy (non-hydrogen) atoms. The number of hydrogen-bond acceptors (Lipinski definition) is 4. The lowest BCUT2D eigenvalue weighted by Crippen LogP contribution is -2.29. The van der Waals surface area contributed by atoms with Crippen LogP contribution < -0.4 is 19.7 Å². The van der Waals surface area contributed by atoms with E-state index in [9.17, 15) is 9.59 Å². The third kappa shape index (κ3) is 4.38. The molecule has 0 bridgehead atoms. The molecule has 158 valence electrons. The van der Waals surface area contributed by atoms with Crippen LogP contribution in [0.1, 0.15) is 29.3 Å². The molecule has 0 unspecified atom stereocenters. The van der Waals surface area contributed by atoms with E-state index in [1.54, 1.807) is 30.2 Å². The van der Waals surface area contributed by atoms with Crippen LogP contribution in [-0.4, -0.2) is 25.5 Å². The number of anilines is 2. The molecule has 1 aliphatic heterocycles. The molecular weight excluding hydrogens is 392 g/mol. The SMILES string of the molecule is CCN1C(=O)c2cc(NC(=O)CCc3ccc(OC)cc3)ccc2Oc2ccccc21. The van der Waals surface area contributed by atoms with Gasteiger partial charge in [-0.2, -0.15) is 0 Å². The van der Waals surface area contributed by atoms with Crippen LogP contribution >= 0.6 is 0 Å². The molecule has 0 fully saturated rings. The number of benzene rings is 3. The van der Waals surface area contributed by atoms with E-state index in [1.807, 2.05) is 55.5 Å². The molecule has 3 aromatic carbocycles. The molecular formula is C25H24N2O4. The van der Waals surface area contributed by atoms with Gasteiger partial charge < -0.3 is 19.7 Å². The van der Waals surface area contributed by atoms with Crippen molar-refractivity contribution in [2.45, 2.75) is 19.8 Å². The van der Waals surface area contributed by atoms with Gasteiger partial charge in [0.15, 0.2) is 5.75 Å². The highest BCUT2D eigenvalue weighted by molar-refractivity contribution is 6.10. The summed E-state index contributed by atoms with van der Waals surface area (Å²) >= 11 is 0. The summed E-state index contributed by atoms with van der Waals surface area (Å²) in [5.41, 5.74) is 2.78. The Morgan fingerprint density at radius 3 is 2.55 bits per heavy atom. The van der Waals surface area contributed by atoms with E-state index in [0.717, 1.165) is 17.0 Å². The number of hydrogen-bond donors (Lipinski definition) is 1. The minimum absolute atomic E-state index is 0.117. The number of methoxy groups -OCH3 is 1. The van der Waals surface area contributed by atoms with Crippen LogP contribution in [0.5, 0.6) is 17.2 Å². The molecule has 1 aliphatic rings. The van der Waals surface area contributed by atoms with Crippen molar-refractivity contribution in [3.8, 4) is 17.2 Å². The van der Waals surface area contributed by atoms with Gasteiger partial charge in [0.25, 0.3) is 5.91 Å². The van der Waals surface area contributed by atoms with Crippen molar-refractivity contribution in [2.75, 3.05) is 23.9 Å². The average molecular weight is 416 g/mol. The number of rotatable bonds is 6. The Morgan fingerprint density at radius 2 is 1.81 bits per heavy atom. The molecule has 0 saturated carbocycles. The molecule has 0 atom stereocenters. The van der Waals surface area contributed by atoms with E-state index in [1.165, 1.54) is 0 Å². The summed E-state index contributed by atoms with van der Waals surface area (Å²) in [6.45, 7) is 2.43. The predicted octanol–water partition coefficient (Wildman–Crippen LogP) is 5.04. The van der Waals surface area contributed by atoms with Gasteiger partial charge in [0, 0.05) is 18.7 Å². The zero-order valence-electron chi connectivity index (χ0n) is 17.6. The van der Waals surface area contributed by atoms with Crippen molar-refractivity contribution in [1.82, 2.24) is 0 Å². The van der Waals surface area contributed by atoms with E-state index < -0.39 is 0 Å². The predicted molar refractivity (Wildman–Crippen MR) is 120 cm³/mol. The Bertz CT molecular complexity index is 1110. The molecule has 6 nitrogen and oxygen atoms in total. The van der Waals surface area contributed by atoms with Crippen molar-refractivity contribution >= 4 is 23.2 Å². The summed E-state index contributed by atoms with van der Waals surface area (Å²) in [6.07, 6.45) is 0.947. The Morgan fingerprint density at radius 1 is 1.03 bits per heavy atom. The topological polar surface area (TPSA) is 67.9 Å². The first-order valence-corrected chi connectivity index (χ1v) is 10.2. The number of aryl methyl sites for hydroxylation is 1. The van der Waals surface area contributed by atoms with Crippen molar-refractivity contribution in [2.24, 2.45) is 0 Å². The maximum absolute atomic E-state index is 13.2. The fourth-order valence-electron chi connectivity index (χ4n) is 3.59. The largest absolute Gasteiger partial charge is 0.497 e. The molecule has 2 amide bonds. The second kappa shape index (κ2) is 8.92. The number of nitrogens with one attached hydrogen (secondary N) is 1. The quantitative estimate of drug-likeness (QED) is 0.611. The van der Waals surface area contributed by atoms with Gasteiger partial charge in [-0.05, 0) is 61.4 Å². The number of fused-ring (bicyclic) bond motifs is 2. The molecule has 1 N–H and O–H groups in total. The standard InChI is InChI=1S/C25H24N2O4/c1-3-27-21-6-4-5-7-23(21)31-22-14-11-18(16-20(22)25(27)29)26-24(28)15-10-17-8-12-19(30-2)13-9-17/h4-9,11-14,16H,3,10,15H2,1-2H3,(H,26,28). The number of amides is 2. The van der Waals surface area contributed by atoms with E-state index in [2.05, 4.69) is 5.32 Å². The molecule has 1 heterocycles.